The Kier molecular flexibility index (Phi) is 4.47. The predicted octanol–water partition coefficient (Wildman–Crippen LogP) is 3.51. The lowest BCUT2D eigenvalue weighted by molar-refractivity contribution is 0.198. The number of benzene rings is 1. The van der Waals surface area contributed by atoms with Crippen molar-refractivity contribution in [1.29, 1.82) is 0 Å². The SMILES string of the molecule is C=Cn1cc(CN2CCC[C@H](c3cc4ccccc4c(=O)[nH]3)C2)c(C)n1. The van der Waals surface area contributed by atoms with E-state index in [0.717, 1.165) is 54.6 Å². The standard InChI is InChI=1S/C21H24N4O/c1-3-25-14-18(15(2)23-25)13-24-10-6-8-17(12-24)20-11-16-7-4-5-9-19(16)21(26)22-20/h3-5,7,9,11,14,17H,1,6,8,10,12-13H2,2H3,(H,22,26)/t17-/m0/s1. The highest BCUT2D eigenvalue weighted by atomic mass is 16.1. The zero-order valence-electron chi connectivity index (χ0n) is 15.1. The van der Waals surface area contributed by atoms with Gasteiger partial charge < -0.3 is 4.98 Å². The number of nitrogens with zero attached hydrogens (tertiary/aromatic N) is 3. The number of hydrogen-bond donors (Lipinski definition) is 1. The smallest absolute Gasteiger partial charge is 0.256 e. The van der Waals surface area contributed by atoms with E-state index < -0.39 is 0 Å². The zero-order chi connectivity index (χ0) is 18.1. The fourth-order valence-corrected chi connectivity index (χ4v) is 3.91. The Morgan fingerprint density at radius 3 is 3.04 bits per heavy atom. The molecule has 4 rings (SSSR count). The van der Waals surface area contributed by atoms with E-state index >= 15 is 0 Å². The molecule has 3 heterocycles. The van der Waals surface area contributed by atoms with Gasteiger partial charge in [0.15, 0.2) is 0 Å². The first-order valence-electron chi connectivity index (χ1n) is 9.15. The molecule has 26 heavy (non-hydrogen) atoms. The van der Waals surface area contributed by atoms with Crippen molar-refractivity contribution in [3.8, 4) is 0 Å². The first kappa shape index (κ1) is 16.8. The third kappa shape index (κ3) is 3.22. The van der Waals surface area contributed by atoms with Crippen molar-refractivity contribution >= 4 is 17.0 Å². The van der Waals surface area contributed by atoms with Gasteiger partial charge in [0, 0.05) is 48.0 Å². The zero-order valence-corrected chi connectivity index (χ0v) is 15.1. The first-order valence-corrected chi connectivity index (χ1v) is 9.15. The van der Waals surface area contributed by atoms with Gasteiger partial charge in [-0.2, -0.15) is 5.10 Å². The van der Waals surface area contributed by atoms with Crippen LogP contribution in [0.15, 0.2) is 47.9 Å². The van der Waals surface area contributed by atoms with E-state index in [4.69, 9.17) is 0 Å². The predicted molar refractivity (Wildman–Crippen MR) is 105 cm³/mol. The van der Waals surface area contributed by atoms with Gasteiger partial charge in [0.1, 0.15) is 0 Å². The molecule has 5 nitrogen and oxygen atoms in total. The molecule has 0 unspecified atom stereocenters. The monoisotopic (exact) mass is 348 g/mol. The Morgan fingerprint density at radius 2 is 2.23 bits per heavy atom. The van der Waals surface area contributed by atoms with Gasteiger partial charge in [0.25, 0.3) is 5.56 Å². The summed E-state index contributed by atoms with van der Waals surface area (Å²) in [6.07, 6.45) is 6.00. The number of aromatic nitrogens is 3. The minimum Gasteiger partial charge on any atom is -0.325 e. The molecule has 0 spiro atoms. The average molecular weight is 348 g/mol. The summed E-state index contributed by atoms with van der Waals surface area (Å²) in [6, 6.07) is 9.93. The molecule has 1 aromatic carbocycles. The van der Waals surface area contributed by atoms with Gasteiger partial charge in [-0.15, -0.1) is 0 Å². The number of H-pyrrole nitrogens is 1. The van der Waals surface area contributed by atoms with Gasteiger partial charge in [-0.1, -0.05) is 24.8 Å². The maximum absolute atomic E-state index is 12.4. The molecule has 1 N–H and O–H groups in total. The molecule has 134 valence electrons. The minimum atomic E-state index is 0.0123. The summed E-state index contributed by atoms with van der Waals surface area (Å²) in [5, 5.41) is 6.22. The van der Waals surface area contributed by atoms with Crippen molar-refractivity contribution < 1.29 is 0 Å². The van der Waals surface area contributed by atoms with Gasteiger partial charge in [-0.05, 0) is 43.8 Å². The molecule has 1 atom stereocenters. The second-order valence-corrected chi connectivity index (χ2v) is 7.12. The maximum atomic E-state index is 12.4. The third-order valence-corrected chi connectivity index (χ3v) is 5.32. The van der Waals surface area contributed by atoms with Gasteiger partial charge in [0.05, 0.1) is 5.69 Å². The summed E-state index contributed by atoms with van der Waals surface area (Å²) in [7, 11) is 0. The van der Waals surface area contributed by atoms with E-state index in [1.165, 1.54) is 5.56 Å². The highest BCUT2D eigenvalue weighted by molar-refractivity contribution is 5.81. The fraction of sp³-hybridized carbons (Fsp3) is 0.333. The maximum Gasteiger partial charge on any atom is 0.256 e. The van der Waals surface area contributed by atoms with E-state index in [2.05, 4.69) is 27.6 Å². The van der Waals surface area contributed by atoms with Crippen LogP contribution in [0.1, 0.15) is 35.7 Å². The van der Waals surface area contributed by atoms with Gasteiger partial charge in [-0.25, -0.2) is 4.68 Å². The summed E-state index contributed by atoms with van der Waals surface area (Å²) >= 11 is 0. The number of pyridine rings is 1. The largest absolute Gasteiger partial charge is 0.325 e. The Bertz CT molecular complexity index is 1000. The van der Waals surface area contributed by atoms with Crippen LogP contribution in [0.3, 0.4) is 0 Å². The normalized spacial score (nSPS) is 18.3. The highest BCUT2D eigenvalue weighted by Gasteiger charge is 2.23. The van der Waals surface area contributed by atoms with Crippen molar-refractivity contribution in [3.05, 3.63) is 70.4 Å². The lowest BCUT2D eigenvalue weighted by atomic mass is 9.93. The molecule has 3 aromatic rings. The van der Waals surface area contributed by atoms with E-state index in [1.807, 2.05) is 37.4 Å². The van der Waals surface area contributed by atoms with Crippen LogP contribution in [-0.4, -0.2) is 32.8 Å². The molecule has 0 aliphatic carbocycles. The van der Waals surface area contributed by atoms with Crippen molar-refractivity contribution in [2.75, 3.05) is 13.1 Å². The molecule has 2 aromatic heterocycles. The van der Waals surface area contributed by atoms with Crippen molar-refractivity contribution in [2.24, 2.45) is 0 Å². The van der Waals surface area contributed by atoms with E-state index in [0.29, 0.717) is 5.92 Å². The number of aromatic amines is 1. The quantitative estimate of drug-likeness (QED) is 0.785. The van der Waals surface area contributed by atoms with Gasteiger partial charge in [0.2, 0.25) is 0 Å². The van der Waals surface area contributed by atoms with Crippen LogP contribution in [0.5, 0.6) is 0 Å². The van der Waals surface area contributed by atoms with Crippen molar-refractivity contribution in [2.45, 2.75) is 32.2 Å². The summed E-state index contributed by atoms with van der Waals surface area (Å²) in [5.41, 5.74) is 3.35. The molecular formula is C21H24N4O. The van der Waals surface area contributed by atoms with Crippen LogP contribution in [-0.2, 0) is 6.54 Å². The second-order valence-electron chi connectivity index (χ2n) is 7.12. The number of piperidine rings is 1. The summed E-state index contributed by atoms with van der Waals surface area (Å²) in [5.74, 6) is 0.357. The highest BCUT2D eigenvalue weighted by Crippen LogP contribution is 2.27. The lowest BCUT2D eigenvalue weighted by Gasteiger charge is -2.32. The van der Waals surface area contributed by atoms with Crippen LogP contribution in [0.4, 0.5) is 0 Å². The topological polar surface area (TPSA) is 53.9 Å². The second kappa shape index (κ2) is 6.92. The Labute approximate surface area is 153 Å². The van der Waals surface area contributed by atoms with Crippen LogP contribution in [0, 0.1) is 6.92 Å². The van der Waals surface area contributed by atoms with Gasteiger partial charge >= 0.3 is 0 Å². The number of nitrogens with one attached hydrogen (secondary N) is 1. The molecular weight excluding hydrogens is 324 g/mol. The number of hydrogen-bond acceptors (Lipinski definition) is 3. The van der Waals surface area contributed by atoms with Gasteiger partial charge in [-0.3, -0.25) is 9.69 Å². The number of rotatable bonds is 4. The first-order chi connectivity index (χ1) is 12.6. The van der Waals surface area contributed by atoms with Crippen molar-refractivity contribution in [3.63, 3.8) is 0 Å². The summed E-state index contributed by atoms with van der Waals surface area (Å²) in [4.78, 5) is 18.0. The third-order valence-electron chi connectivity index (χ3n) is 5.32. The Hall–Kier alpha value is -2.66. The van der Waals surface area contributed by atoms with Crippen LogP contribution in [0.25, 0.3) is 17.0 Å². The van der Waals surface area contributed by atoms with E-state index in [9.17, 15) is 4.79 Å². The van der Waals surface area contributed by atoms with E-state index in [1.54, 1.807) is 10.9 Å². The molecule has 5 heteroatoms. The Balaban J connectivity index is 1.56. The molecule has 1 saturated heterocycles. The number of likely N-dealkylation sites (tertiary alicyclic amines) is 1. The molecule has 0 radical (unpaired) electrons. The molecule has 0 bridgehead atoms. The van der Waals surface area contributed by atoms with Crippen LogP contribution >= 0.6 is 0 Å². The molecule has 1 fully saturated rings. The minimum absolute atomic E-state index is 0.0123. The molecule has 0 amide bonds. The summed E-state index contributed by atoms with van der Waals surface area (Å²) in [6.45, 7) is 8.72. The van der Waals surface area contributed by atoms with Crippen LogP contribution in [0.2, 0.25) is 0 Å². The lowest BCUT2D eigenvalue weighted by Crippen LogP contribution is -2.34. The van der Waals surface area contributed by atoms with E-state index in [-0.39, 0.29) is 5.56 Å². The molecule has 1 aliphatic rings. The molecule has 0 saturated carbocycles. The number of fused-ring (bicyclic) bond motifs is 1. The van der Waals surface area contributed by atoms with Crippen molar-refractivity contribution in [1.82, 2.24) is 19.7 Å². The average Bonchev–Trinajstić information content (AvgIpc) is 3.02. The molecule has 1 aliphatic heterocycles. The summed E-state index contributed by atoms with van der Waals surface area (Å²) < 4.78 is 1.77. The Morgan fingerprint density at radius 1 is 1.38 bits per heavy atom. The van der Waals surface area contributed by atoms with Crippen LogP contribution < -0.4 is 5.56 Å². The number of aryl methyl sites for hydroxylation is 1. The fourth-order valence-electron chi connectivity index (χ4n) is 3.91.